The Morgan fingerprint density at radius 1 is 0.385 bits per heavy atom. The SMILES string of the molecule is CC.CCC.CCCC=CCCCCCCCCCCCCCCCC. The topological polar surface area (TPSA) is 0 Å². The summed E-state index contributed by atoms with van der Waals surface area (Å²) in [6.45, 7) is 12.8. The van der Waals surface area contributed by atoms with Crippen LogP contribution in [0.1, 0.15) is 157 Å². The van der Waals surface area contributed by atoms with E-state index in [-0.39, 0.29) is 0 Å². The molecule has 0 nitrogen and oxygen atoms in total. The smallest absolute Gasteiger partial charge is 0.0351 e. The second-order valence-corrected chi connectivity index (χ2v) is 7.35. The van der Waals surface area contributed by atoms with Crippen molar-refractivity contribution >= 4 is 0 Å². The van der Waals surface area contributed by atoms with Crippen LogP contribution in [0, 0.1) is 0 Å². The summed E-state index contributed by atoms with van der Waals surface area (Å²) in [4.78, 5) is 0. The van der Waals surface area contributed by atoms with Crippen molar-refractivity contribution in [1.29, 1.82) is 0 Å². The molecule has 0 heteroatoms. The summed E-state index contributed by atoms with van der Waals surface area (Å²) in [6, 6.07) is 0. The molecule has 0 bridgehead atoms. The first-order valence-electron chi connectivity index (χ1n) is 12.5. The van der Waals surface area contributed by atoms with Crippen molar-refractivity contribution in [2.75, 3.05) is 0 Å². The highest BCUT2D eigenvalue weighted by atomic mass is 14.0. The fraction of sp³-hybridized carbons (Fsp3) is 0.923. The molecule has 0 rings (SSSR count). The maximum Gasteiger partial charge on any atom is -0.0351 e. The van der Waals surface area contributed by atoms with Gasteiger partial charge in [-0.2, -0.15) is 0 Å². The van der Waals surface area contributed by atoms with Gasteiger partial charge in [-0.05, 0) is 19.3 Å². The molecule has 26 heavy (non-hydrogen) atoms. The van der Waals surface area contributed by atoms with Crippen LogP contribution < -0.4 is 0 Å². The lowest BCUT2D eigenvalue weighted by molar-refractivity contribution is 0.536. The van der Waals surface area contributed by atoms with E-state index in [9.17, 15) is 0 Å². The first-order chi connectivity index (χ1) is 12.8. The number of unbranched alkanes of at least 4 members (excludes halogenated alkanes) is 15. The van der Waals surface area contributed by atoms with E-state index < -0.39 is 0 Å². The molecule has 0 radical (unpaired) electrons. The zero-order chi connectivity index (χ0) is 20.1. The van der Waals surface area contributed by atoms with Gasteiger partial charge in [0.25, 0.3) is 0 Å². The maximum absolute atomic E-state index is 2.38. The molecule has 0 saturated carbocycles. The third kappa shape index (κ3) is 39.0. The molecule has 0 aromatic rings. The first-order valence-corrected chi connectivity index (χ1v) is 12.5. The van der Waals surface area contributed by atoms with E-state index in [1.165, 1.54) is 116 Å². The van der Waals surface area contributed by atoms with Gasteiger partial charge in [-0.25, -0.2) is 0 Å². The fourth-order valence-electron chi connectivity index (χ4n) is 2.86. The Labute approximate surface area is 169 Å². The Kier molecular flexibility index (Phi) is 41.9. The van der Waals surface area contributed by atoms with Crippen LogP contribution in [0.3, 0.4) is 0 Å². The third-order valence-electron chi connectivity index (χ3n) is 4.35. The minimum atomic E-state index is 1.25. The molecule has 0 fully saturated rings. The molecule has 0 aliphatic carbocycles. The van der Waals surface area contributed by atoms with E-state index in [0.717, 1.165) is 0 Å². The van der Waals surface area contributed by atoms with Gasteiger partial charge in [0.05, 0.1) is 0 Å². The number of hydrogen-bond acceptors (Lipinski definition) is 0. The minimum absolute atomic E-state index is 1.25. The Morgan fingerprint density at radius 3 is 1.04 bits per heavy atom. The van der Waals surface area contributed by atoms with Crippen LogP contribution in [0.25, 0.3) is 0 Å². The zero-order valence-corrected chi connectivity index (χ0v) is 19.9. The summed E-state index contributed by atoms with van der Waals surface area (Å²) >= 11 is 0. The Balaban J connectivity index is -0.000000950. The Bertz CT molecular complexity index is 204. The molecule has 0 amide bonds. The van der Waals surface area contributed by atoms with E-state index in [1.54, 1.807) is 0 Å². The molecule has 0 atom stereocenters. The van der Waals surface area contributed by atoms with Crippen LogP contribution in [-0.4, -0.2) is 0 Å². The lowest BCUT2D eigenvalue weighted by Gasteiger charge is -2.02. The van der Waals surface area contributed by atoms with E-state index in [4.69, 9.17) is 0 Å². The van der Waals surface area contributed by atoms with Gasteiger partial charge in [0, 0.05) is 0 Å². The summed E-state index contributed by atoms with van der Waals surface area (Å²) in [5.74, 6) is 0. The normalized spacial score (nSPS) is 10.2. The number of allylic oxidation sites excluding steroid dienone is 2. The largest absolute Gasteiger partial charge is 0.0885 e. The molecule has 0 N–H and O–H groups in total. The summed E-state index contributed by atoms with van der Waals surface area (Å²) in [5, 5.41) is 0. The second kappa shape index (κ2) is 35.8. The van der Waals surface area contributed by atoms with Crippen molar-refractivity contribution < 1.29 is 0 Å². The van der Waals surface area contributed by atoms with Crippen LogP contribution in [0.4, 0.5) is 0 Å². The molecule has 160 valence electrons. The van der Waals surface area contributed by atoms with E-state index in [0.29, 0.717) is 0 Å². The summed E-state index contributed by atoms with van der Waals surface area (Å²) in [6.07, 6.45) is 30.2. The van der Waals surface area contributed by atoms with E-state index in [2.05, 4.69) is 39.8 Å². The zero-order valence-electron chi connectivity index (χ0n) is 19.9. The van der Waals surface area contributed by atoms with E-state index in [1.807, 2.05) is 13.8 Å². The van der Waals surface area contributed by atoms with Crippen molar-refractivity contribution in [2.45, 2.75) is 157 Å². The molecule has 0 aliphatic heterocycles. The van der Waals surface area contributed by atoms with Crippen molar-refractivity contribution in [2.24, 2.45) is 0 Å². The van der Waals surface area contributed by atoms with Crippen LogP contribution in [0.15, 0.2) is 12.2 Å². The quantitative estimate of drug-likeness (QED) is 0.177. The van der Waals surface area contributed by atoms with Gasteiger partial charge in [0.2, 0.25) is 0 Å². The van der Waals surface area contributed by atoms with Gasteiger partial charge < -0.3 is 0 Å². The molecule has 0 saturated heterocycles. The second-order valence-electron chi connectivity index (χ2n) is 7.35. The monoisotopic (exact) mass is 368 g/mol. The average molecular weight is 369 g/mol. The summed E-state index contributed by atoms with van der Waals surface area (Å²) < 4.78 is 0. The molecule has 0 aromatic carbocycles. The predicted molar refractivity (Wildman–Crippen MR) is 126 cm³/mol. The van der Waals surface area contributed by atoms with Crippen molar-refractivity contribution in [3.8, 4) is 0 Å². The van der Waals surface area contributed by atoms with Gasteiger partial charge in [0.1, 0.15) is 0 Å². The summed E-state index contributed by atoms with van der Waals surface area (Å²) in [7, 11) is 0. The molecule has 0 aliphatic rings. The average Bonchev–Trinajstić information content (AvgIpc) is 2.66. The Hall–Kier alpha value is -0.260. The number of rotatable bonds is 17. The fourth-order valence-corrected chi connectivity index (χ4v) is 2.86. The van der Waals surface area contributed by atoms with Gasteiger partial charge in [-0.1, -0.05) is 150 Å². The van der Waals surface area contributed by atoms with Crippen LogP contribution in [0.5, 0.6) is 0 Å². The summed E-state index contributed by atoms with van der Waals surface area (Å²) in [5.41, 5.74) is 0. The third-order valence-corrected chi connectivity index (χ3v) is 4.35. The maximum atomic E-state index is 2.38. The van der Waals surface area contributed by atoms with Gasteiger partial charge in [-0.3, -0.25) is 0 Å². The first kappa shape index (κ1) is 30.5. The molecule has 0 unspecified atom stereocenters. The lowest BCUT2D eigenvalue weighted by atomic mass is 10.0. The molecular weight excluding hydrogens is 312 g/mol. The van der Waals surface area contributed by atoms with Gasteiger partial charge in [0.15, 0.2) is 0 Å². The number of hydrogen-bond donors (Lipinski definition) is 0. The van der Waals surface area contributed by atoms with Crippen molar-refractivity contribution in [3.05, 3.63) is 12.2 Å². The highest BCUT2D eigenvalue weighted by molar-refractivity contribution is 4.80. The van der Waals surface area contributed by atoms with Crippen molar-refractivity contribution in [1.82, 2.24) is 0 Å². The molecule has 0 aromatic heterocycles. The minimum Gasteiger partial charge on any atom is -0.0885 e. The van der Waals surface area contributed by atoms with Gasteiger partial charge >= 0.3 is 0 Å². The predicted octanol–water partition coefficient (Wildman–Crippen LogP) is 10.7. The van der Waals surface area contributed by atoms with E-state index >= 15 is 0 Å². The molecule has 0 spiro atoms. The highest BCUT2D eigenvalue weighted by Crippen LogP contribution is 2.13. The molecular formula is C26H56. The highest BCUT2D eigenvalue weighted by Gasteiger charge is 1.93. The van der Waals surface area contributed by atoms with Gasteiger partial charge in [-0.15, -0.1) is 0 Å². The van der Waals surface area contributed by atoms with Crippen LogP contribution >= 0.6 is 0 Å². The van der Waals surface area contributed by atoms with Crippen LogP contribution in [0.2, 0.25) is 0 Å². The Morgan fingerprint density at radius 2 is 0.692 bits per heavy atom. The lowest BCUT2D eigenvalue weighted by Crippen LogP contribution is -1.83. The van der Waals surface area contributed by atoms with Crippen LogP contribution in [-0.2, 0) is 0 Å². The van der Waals surface area contributed by atoms with Crippen molar-refractivity contribution in [3.63, 3.8) is 0 Å². The molecule has 0 heterocycles. The standard InChI is InChI=1S/C21H42.C3H8.C2H6/c1-3-5-7-9-11-13-15-17-19-21-20-18-16-14-12-10-8-6-4-2;1-3-2;1-2/h7,9H,3-6,8,10-21H2,1-2H3;3H2,1-2H3;1-2H3.